The predicted octanol–water partition coefficient (Wildman–Crippen LogP) is 0.737. The SMILES string of the molecule is CCC(=O)Nc1ccc(C2=NNC(=NCCC[NH+]3CCOCC3)SC2)cc1. The molecule has 146 valence electrons. The van der Waals surface area contributed by atoms with E-state index in [0.29, 0.717) is 6.42 Å². The number of thioether (sulfide) groups is 1. The summed E-state index contributed by atoms with van der Waals surface area (Å²) in [6.07, 6.45) is 1.56. The molecule has 1 aromatic rings. The van der Waals surface area contributed by atoms with Gasteiger partial charge in [-0.3, -0.25) is 15.2 Å². The number of aliphatic imine (C=N–C) groups is 1. The van der Waals surface area contributed by atoms with Crippen molar-refractivity contribution in [2.24, 2.45) is 10.1 Å². The number of nitrogens with zero attached hydrogens (tertiary/aromatic N) is 2. The van der Waals surface area contributed by atoms with Gasteiger partial charge in [0.15, 0.2) is 5.17 Å². The maximum Gasteiger partial charge on any atom is 0.224 e. The second-order valence-electron chi connectivity index (χ2n) is 6.59. The molecule has 0 spiro atoms. The number of carbonyl (C=O) groups excluding carboxylic acids is 1. The molecular formula is C19H28N5O2S+. The van der Waals surface area contributed by atoms with E-state index in [1.165, 1.54) is 0 Å². The molecule has 0 unspecified atom stereocenters. The molecule has 0 atom stereocenters. The molecule has 0 radical (unpaired) electrons. The van der Waals surface area contributed by atoms with Crippen LogP contribution in [0.2, 0.25) is 0 Å². The average molecular weight is 391 g/mol. The molecule has 1 fully saturated rings. The Morgan fingerprint density at radius 2 is 2.11 bits per heavy atom. The van der Waals surface area contributed by atoms with E-state index in [1.54, 1.807) is 16.7 Å². The van der Waals surface area contributed by atoms with Crippen LogP contribution < -0.4 is 15.6 Å². The summed E-state index contributed by atoms with van der Waals surface area (Å²) in [6.45, 7) is 7.80. The molecule has 1 aromatic carbocycles. The molecule has 0 aromatic heterocycles. The number of rotatable bonds is 7. The largest absolute Gasteiger partial charge is 0.370 e. The third-order valence-electron chi connectivity index (χ3n) is 4.60. The molecule has 8 heteroatoms. The summed E-state index contributed by atoms with van der Waals surface area (Å²) in [7, 11) is 0. The minimum atomic E-state index is 0.0195. The lowest BCUT2D eigenvalue weighted by Gasteiger charge is -2.23. The van der Waals surface area contributed by atoms with Crippen molar-refractivity contribution in [2.75, 3.05) is 50.5 Å². The van der Waals surface area contributed by atoms with Crippen LogP contribution in [0.25, 0.3) is 0 Å². The highest BCUT2D eigenvalue weighted by Crippen LogP contribution is 2.16. The Morgan fingerprint density at radius 3 is 2.78 bits per heavy atom. The van der Waals surface area contributed by atoms with E-state index in [1.807, 2.05) is 31.2 Å². The van der Waals surface area contributed by atoms with E-state index in [2.05, 4.69) is 20.8 Å². The fraction of sp³-hybridized carbons (Fsp3) is 0.526. The number of quaternary nitrogens is 1. The Bertz CT molecular complexity index is 684. The van der Waals surface area contributed by atoms with Crippen LogP contribution in [-0.2, 0) is 9.53 Å². The van der Waals surface area contributed by atoms with E-state index < -0.39 is 0 Å². The Hall–Kier alpha value is -1.90. The number of amidine groups is 1. The maximum atomic E-state index is 11.4. The average Bonchev–Trinajstić information content (AvgIpc) is 2.73. The van der Waals surface area contributed by atoms with Crippen molar-refractivity contribution in [1.82, 2.24) is 5.43 Å². The third kappa shape index (κ3) is 6.34. The lowest BCUT2D eigenvalue weighted by molar-refractivity contribution is -0.908. The van der Waals surface area contributed by atoms with Gasteiger partial charge in [-0.05, 0) is 17.7 Å². The number of benzene rings is 1. The molecule has 3 rings (SSSR count). The van der Waals surface area contributed by atoms with Crippen LogP contribution in [0.5, 0.6) is 0 Å². The number of morpholine rings is 1. The lowest BCUT2D eigenvalue weighted by Crippen LogP contribution is -3.14. The van der Waals surface area contributed by atoms with Gasteiger partial charge < -0.3 is 15.0 Å². The number of ether oxygens (including phenoxy) is 1. The molecule has 0 saturated carbocycles. The minimum Gasteiger partial charge on any atom is -0.370 e. The predicted molar refractivity (Wildman–Crippen MR) is 111 cm³/mol. The molecule has 0 bridgehead atoms. The molecule has 27 heavy (non-hydrogen) atoms. The van der Waals surface area contributed by atoms with Crippen LogP contribution in [0.15, 0.2) is 34.4 Å². The van der Waals surface area contributed by atoms with Gasteiger partial charge in [0.25, 0.3) is 0 Å². The first kappa shape index (κ1) is 19.9. The van der Waals surface area contributed by atoms with Gasteiger partial charge >= 0.3 is 0 Å². The Kier molecular flexibility index (Phi) is 7.67. The van der Waals surface area contributed by atoms with Crippen molar-refractivity contribution in [3.63, 3.8) is 0 Å². The standard InChI is InChI=1S/C19H27N5O2S/c1-2-18(25)21-16-6-4-15(5-7-16)17-14-27-19(23-22-17)20-8-3-9-24-10-12-26-13-11-24/h4-7H,2-3,8-14H2,1H3,(H,20,23)(H,21,25)/p+1. The fourth-order valence-electron chi connectivity index (χ4n) is 2.96. The van der Waals surface area contributed by atoms with Gasteiger partial charge in [-0.1, -0.05) is 30.8 Å². The Balaban J connectivity index is 1.44. The number of anilines is 1. The quantitative estimate of drug-likeness (QED) is 0.600. The molecule has 2 heterocycles. The second kappa shape index (κ2) is 10.4. The van der Waals surface area contributed by atoms with Gasteiger partial charge in [0.05, 0.1) is 25.5 Å². The van der Waals surface area contributed by atoms with Gasteiger partial charge in [-0.25, -0.2) is 0 Å². The molecule has 2 aliphatic rings. The highest BCUT2D eigenvalue weighted by Gasteiger charge is 2.14. The topological polar surface area (TPSA) is 79.5 Å². The van der Waals surface area contributed by atoms with Crippen molar-refractivity contribution in [2.45, 2.75) is 19.8 Å². The number of nitrogens with one attached hydrogen (secondary N) is 3. The number of amides is 1. The van der Waals surface area contributed by atoms with Gasteiger partial charge in [-0.2, -0.15) is 5.10 Å². The number of hydrogen-bond acceptors (Lipinski definition) is 5. The van der Waals surface area contributed by atoms with Crippen LogP contribution >= 0.6 is 11.8 Å². The van der Waals surface area contributed by atoms with Gasteiger partial charge in [-0.15, -0.1) is 0 Å². The van der Waals surface area contributed by atoms with E-state index in [9.17, 15) is 4.79 Å². The third-order valence-corrected chi connectivity index (χ3v) is 5.51. The van der Waals surface area contributed by atoms with Gasteiger partial charge in [0, 0.05) is 30.8 Å². The van der Waals surface area contributed by atoms with E-state index >= 15 is 0 Å². The molecule has 3 N–H and O–H groups in total. The summed E-state index contributed by atoms with van der Waals surface area (Å²) >= 11 is 1.68. The number of hydrogen-bond donors (Lipinski definition) is 3. The first-order valence-corrected chi connectivity index (χ1v) is 10.5. The van der Waals surface area contributed by atoms with Crippen molar-refractivity contribution in [3.8, 4) is 0 Å². The van der Waals surface area contributed by atoms with E-state index in [4.69, 9.17) is 4.74 Å². The molecule has 7 nitrogen and oxygen atoms in total. The lowest BCUT2D eigenvalue weighted by atomic mass is 10.1. The minimum absolute atomic E-state index is 0.0195. The van der Waals surface area contributed by atoms with Crippen molar-refractivity contribution in [1.29, 1.82) is 0 Å². The Morgan fingerprint density at radius 1 is 1.33 bits per heavy atom. The highest BCUT2D eigenvalue weighted by molar-refractivity contribution is 8.14. The van der Waals surface area contributed by atoms with Crippen LogP contribution in [-0.4, -0.2) is 61.9 Å². The van der Waals surface area contributed by atoms with E-state index in [0.717, 1.165) is 73.7 Å². The molecule has 0 aliphatic carbocycles. The van der Waals surface area contributed by atoms with Gasteiger partial charge in [0.2, 0.25) is 5.91 Å². The first-order chi connectivity index (χ1) is 13.2. The first-order valence-electron chi connectivity index (χ1n) is 9.56. The van der Waals surface area contributed by atoms with Crippen LogP contribution in [0.3, 0.4) is 0 Å². The summed E-state index contributed by atoms with van der Waals surface area (Å²) in [5, 5.41) is 8.21. The fourth-order valence-corrected chi connectivity index (χ4v) is 3.76. The van der Waals surface area contributed by atoms with Crippen LogP contribution in [0, 0.1) is 0 Å². The zero-order chi connectivity index (χ0) is 18.9. The second-order valence-corrected chi connectivity index (χ2v) is 7.55. The maximum absolute atomic E-state index is 11.4. The molecule has 2 aliphatic heterocycles. The Labute approximate surface area is 164 Å². The zero-order valence-corrected chi connectivity index (χ0v) is 16.6. The van der Waals surface area contributed by atoms with Crippen LogP contribution in [0.1, 0.15) is 25.3 Å². The molecule has 1 amide bonds. The van der Waals surface area contributed by atoms with Crippen molar-refractivity contribution < 1.29 is 14.4 Å². The summed E-state index contributed by atoms with van der Waals surface area (Å²) in [5.74, 6) is 0.812. The smallest absolute Gasteiger partial charge is 0.224 e. The summed E-state index contributed by atoms with van der Waals surface area (Å²) in [6, 6.07) is 7.79. The van der Waals surface area contributed by atoms with Crippen molar-refractivity contribution >= 4 is 34.2 Å². The van der Waals surface area contributed by atoms with E-state index in [-0.39, 0.29) is 5.91 Å². The highest BCUT2D eigenvalue weighted by atomic mass is 32.2. The molecular weight excluding hydrogens is 362 g/mol. The van der Waals surface area contributed by atoms with Crippen LogP contribution in [0.4, 0.5) is 5.69 Å². The number of carbonyl (C=O) groups is 1. The summed E-state index contributed by atoms with van der Waals surface area (Å²) in [4.78, 5) is 17.7. The number of hydrazone groups is 1. The van der Waals surface area contributed by atoms with Crippen molar-refractivity contribution in [3.05, 3.63) is 29.8 Å². The summed E-state index contributed by atoms with van der Waals surface area (Å²) < 4.78 is 5.38. The summed E-state index contributed by atoms with van der Waals surface area (Å²) in [5.41, 5.74) is 5.92. The van der Waals surface area contributed by atoms with Gasteiger partial charge in [0.1, 0.15) is 13.1 Å². The monoisotopic (exact) mass is 390 g/mol. The molecule has 1 saturated heterocycles. The normalized spacial score (nSPS) is 19.4. The zero-order valence-electron chi connectivity index (χ0n) is 15.8.